The number of benzene rings is 2. The molecule has 0 aliphatic heterocycles. The van der Waals surface area contributed by atoms with Crippen molar-refractivity contribution >= 4 is 34.7 Å². The zero-order valence-corrected chi connectivity index (χ0v) is 27.5. The number of hydrogen-bond acceptors (Lipinski definition) is 6. The summed E-state index contributed by atoms with van der Waals surface area (Å²) < 4.78 is 7.61. The summed E-state index contributed by atoms with van der Waals surface area (Å²) in [6.07, 6.45) is -0.363. The van der Waals surface area contributed by atoms with E-state index in [1.54, 1.807) is 28.8 Å². The van der Waals surface area contributed by atoms with Gasteiger partial charge in [0.05, 0.1) is 11.4 Å². The van der Waals surface area contributed by atoms with Gasteiger partial charge in [0.1, 0.15) is 16.9 Å². The molecular formula is C33H43ClN6O4. The lowest BCUT2D eigenvalue weighted by Gasteiger charge is -2.40. The van der Waals surface area contributed by atoms with Crippen molar-refractivity contribution in [3.05, 3.63) is 76.2 Å². The van der Waals surface area contributed by atoms with Crippen LogP contribution in [0.3, 0.4) is 0 Å². The summed E-state index contributed by atoms with van der Waals surface area (Å²) >= 11 is 6.63. The minimum Gasteiger partial charge on any atom is -0.482 e. The molecule has 10 nitrogen and oxygen atoms in total. The number of nitrogens with zero attached hydrogens (tertiary/aromatic N) is 3. The number of para-hydroxylation sites is 2. The maximum Gasteiger partial charge on any atom is 0.258 e. The molecule has 2 heterocycles. The van der Waals surface area contributed by atoms with E-state index < -0.39 is 23.0 Å². The topological polar surface area (TPSA) is 134 Å². The Balaban J connectivity index is 1.39. The third-order valence-corrected chi connectivity index (χ3v) is 8.62. The number of aryl methyl sites for hydroxylation is 2. The summed E-state index contributed by atoms with van der Waals surface area (Å²) in [5.41, 5.74) is 2.24. The predicted octanol–water partition coefficient (Wildman–Crippen LogP) is 5.50. The molecule has 0 bridgehead atoms. The third-order valence-electron chi connectivity index (χ3n) is 8.26. The van der Waals surface area contributed by atoms with Gasteiger partial charge in [-0.3, -0.25) is 14.7 Å². The average Bonchev–Trinajstić information content (AvgIpc) is 3.52. The maximum absolute atomic E-state index is 13.1. The molecule has 0 aliphatic rings. The van der Waals surface area contributed by atoms with E-state index in [1.165, 1.54) is 0 Å². The van der Waals surface area contributed by atoms with E-state index in [0.29, 0.717) is 34.4 Å². The van der Waals surface area contributed by atoms with Crippen molar-refractivity contribution in [3.63, 3.8) is 0 Å². The van der Waals surface area contributed by atoms with Gasteiger partial charge in [-0.1, -0.05) is 88.2 Å². The molecule has 0 radical (unpaired) electrons. The second-order valence-corrected chi connectivity index (χ2v) is 13.7. The molecule has 4 aromatic rings. The molecule has 2 aromatic heterocycles. The van der Waals surface area contributed by atoms with Crippen LogP contribution in [-0.4, -0.2) is 55.0 Å². The standard InChI is InChI=1S/C33H43ClN6O4/c1-20-13-15-21(16-14-20)17-18-23(41)29(43)35-22-11-9-10-12-24(22)44-19-25(42)36-33(7,8)32(5,6)30-38-37-28-26(34)27(31(2,3)4)39-40(28)30/h9-16,23,39,41H,17-19H2,1-8H3,(H,35,43)(H,36,42). The third kappa shape index (κ3) is 7.08. The Bertz CT molecular complexity index is 1630. The number of nitrogens with one attached hydrogen (secondary N) is 3. The Morgan fingerprint density at radius 3 is 2.34 bits per heavy atom. The van der Waals surface area contributed by atoms with E-state index >= 15 is 0 Å². The molecule has 44 heavy (non-hydrogen) atoms. The zero-order valence-electron chi connectivity index (χ0n) is 26.7. The number of H-pyrrole nitrogens is 1. The molecular weight excluding hydrogens is 580 g/mol. The largest absolute Gasteiger partial charge is 0.482 e. The fourth-order valence-electron chi connectivity index (χ4n) is 4.77. The summed E-state index contributed by atoms with van der Waals surface area (Å²) in [4.78, 5) is 25.9. The molecule has 0 aliphatic carbocycles. The number of amides is 2. The van der Waals surface area contributed by atoms with E-state index in [4.69, 9.17) is 16.3 Å². The Morgan fingerprint density at radius 1 is 1.02 bits per heavy atom. The van der Waals surface area contributed by atoms with E-state index in [1.807, 2.05) is 58.9 Å². The maximum atomic E-state index is 13.1. The van der Waals surface area contributed by atoms with E-state index in [-0.39, 0.29) is 24.3 Å². The van der Waals surface area contributed by atoms with Crippen LogP contribution in [0.15, 0.2) is 48.5 Å². The Hall–Kier alpha value is -3.89. The molecule has 0 saturated heterocycles. The van der Waals surface area contributed by atoms with Crippen LogP contribution in [0.25, 0.3) is 5.65 Å². The van der Waals surface area contributed by atoms with Crippen LogP contribution in [0, 0.1) is 6.92 Å². The molecule has 1 unspecified atom stereocenters. The Morgan fingerprint density at radius 2 is 1.68 bits per heavy atom. The predicted molar refractivity (Wildman–Crippen MR) is 172 cm³/mol. The first-order chi connectivity index (χ1) is 20.5. The molecule has 11 heteroatoms. The SMILES string of the molecule is Cc1ccc(CCC(O)C(=O)Nc2ccccc2OCC(=O)NC(C)(C)C(C)(C)c2nnc3c(Cl)c(C(C)(C)C)[nH]n23)cc1. The fraction of sp³-hybridized carbons (Fsp3) is 0.455. The monoisotopic (exact) mass is 622 g/mol. The van der Waals surface area contributed by atoms with Crippen LogP contribution in [0.2, 0.25) is 5.02 Å². The molecule has 1 atom stereocenters. The number of hydrogen-bond donors (Lipinski definition) is 4. The summed E-state index contributed by atoms with van der Waals surface area (Å²) in [7, 11) is 0. The molecule has 2 aromatic carbocycles. The number of carbonyl (C=O) groups is 2. The summed E-state index contributed by atoms with van der Waals surface area (Å²) in [5, 5.41) is 28.9. The summed E-state index contributed by atoms with van der Waals surface area (Å²) in [6.45, 7) is 15.7. The molecule has 0 saturated carbocycles. The number of aliphatic hydroxyl groups is 1. The van der Waals surface area contributed by atoms with Gasteiger partial charge in [-0.05, 0) is 51.3 Å². The van der Waals surface area contributed by atoms with Crippen LogP contribution in [0.5, 0.6) is 5.75 Å². The van der Waals surface area contributed by atoms with Crippen LogP contribution in [0.4, 0.5) is 5.69 Å². The van der Waals surface area contributed by atoms with Crippen molar-refractivity contribution in [2.75, 3.05) is 11.9 Å². The normalized spacial score (nSPS) is 13.1. The number of aromatic amines is 1. The minimum absolute atomic E-state index is 0.227. The van der Waals surface area contributed by atoms with Crippen molar-refractivity contribution in [1.29, 1.82) is 0 Å². The highest BCUT2D eigenvalue weighted by atomic mass is 35.5. The first-order valence-electron chi connectivity index (χ1n) is 14.7. The van der Waals surface area contributed by atoms with E-state index in [2.05, 4.69) is 46.7 Å². The number of carbonyl (C=O) groups excluding carboxylic acids is 2. The smallest absolute Gasteiger partial charge is 0.258 e. The highest BCUT2D eigenvalue weighted by Crippen LogP contribution is 2.37. The first kappa shape index (κ1) is 33.0. The van der Waals surface area contributed by atoms with Crippen molar-refractivity contribution in [2.45, 2.75) is 90.7 Å². The number of aromatic nitrogens is 4. The van der Waals surface area contributed by atoms with Crippen molar-refractivity contribution in [2.24, 2.45) is 0 Å². The highest BCUT2D eigenvalue weighted by molar-refractivity contribution is 6.34. The van der Waals surface area contributed by atoms with Gasteiger partial charge in [0, 0.05) is 16.4 Å². The van der Waals surface area contributed by atoms with Crippen LogP contribution >= 0.6 is 11.6 Å². The highest BCUT2D eigenvalue weighted by Gasteiger charge is 2.44. The van der Waals surface area contributed by atoms with E-state index in [9.17, 15) is 14.7 Å². The minimum atomic E-state index is -1.20. The number of aliphatic hydroxyl groups excluding tert-OH is 1. The number of fused-ring (bicyclic) bond motifs is 1. The van der Waals surface area contributed by atoms with Gasteiger partial charge in [-0.15, -0.1) is 10.2 Å². The summed E-state index contributed by atoms with van der Waals surface area (Å²) in [6, 6.07) is 14.8. The van der Waals surface area contributed by atoms with E-state index in [0.717, 1.165) is 16.8 Å². The average molecular weight is 623 g/mol. The second kappa shape index (κ2) is 12.6. The quantitative estimate of drug-likeness (QED) is 0.175. The van der Waals surface area contributed by atoms with Gasteiger partial charge in [0.15, 0.2) is 18.1 Å². The molecule has 4 N–H and O–H groups in total. The molecule has 4 rings (SSSR count). The molecule has 2 amide bonds. The first-order valence-corrected chi connectivity index (χ1v) is 15.1. The van der Waals surface area contributed by atoms with Gasteiger partial charge in [0.25, 0.3) is 11.8 Å². The van der Waals surface area contributed by atoms with Crippen molar-refractivity contribution < 1.29 is 19.4 Å². The van der Waals surface area contributed by atoms with Crippen molar-refractivity contribution in [3.8, 4) is 5.75 Å². The molecule has 0 fully saturated rings. The fourth-order valence-corrected chi connectivity index (χ4v) is 5.22. The van der Waals surface area contributed by atoms with Gasteiger partial charge in [0.2, 0.25) is 0 Å². The number of anilines is 1. The Labute approximate surface area is 263 Å². The van der Waals surface area contributed by atoms with Gasteiger partial charge in [-0.25, -0.2) is 4.52 Å². The van der Waals surface area contributed by atoms with Crippen molar-refractivity contribution in [1.82, 2.24) is 25.1 Å². The number of rotatable bonds is 11. The van der Waals surface area contributed by atoms with Crippen LogP contribution in [0.1, 0.15) is 77.5 Å². The zero-order chi connectivity index (χ0) is 32.4. The lowest BCUT2D eigenvalue weighted by Crippen LogP contribution is -2.57. The van der Waals surface area contributed by atoms with Gasteiger partial charge in [-0.2, -0.15) is 0 Å². The van der Waals surface area contributed by atoms with Crippen LogP contribution in [-0.2, 0) is 26.8 Å². The lowest BCUT2D eigenvalue weighted by atomic mass is 9.73. The molecule has 0 spiro atoms. The number of ether oxygens (including phenoxy) is 1. The van der Waals surface area contributed by atoms with Crippen LogP contribution < -0.4 is 15.4 Å². The summed E-state index contributed by atoms with van der Waals surface area (Å²) in [5.74, 6) is 0.0287. The van der Waals surface area contributed by atoms with Gasteiger partial charge < -0.3 is 20.5 Å². The molecule has 236 valence electrons. The Kier molecular flexibility index (Phi) is 9.46. The second-order valence-electron chi connectivity index (χ2n) is 13.3. The number of halogens is 1. The lowest BCUT2D eigenvalue weighted by molar-refractivity contribution is -0.125. The van der Waals surface area contributed by atoms with Gasteiger partial charge >= 0.3 is 0 Å².